The highest BCUT2D eigenvalue weighted by molar-refractivity contribution is 6.62. The summed E-state index contributed by atoms with van der Waals surface area (Å²) in [7, 11) is 1.57. The van der Waals surface area contributed by atoms with E-state index in [4.69, 9.17) is 9.31 Å². The summed E-state index contributed by atoms with van der Waals surface area (Å²) in [5, 5.41) is 3.42. The van der Waals surface area contributed by atoms with Gasteiger partial charge in [-0.05, 0) is 95.4 Å². The van der Waals surface area contributed by atoms with Crippen molar-refractivity contribution in [3.8, 4) is 33.4 Å². The van der Waals surface area contributed by atoms with Crippen molar-refractivity contribution in [3.63, 3.8) is 0 Å². The zero-order valence-electron chi connectivity index (χ0n) is 24.8. The molecule has 3 nitrogen and oxygen atoms in total. The molecule has 1 saturated heterocycles. The molecule has 1 spiro atoms. The molecule has 0 bridgehead atoms. The molecular weight excluding hydrogens is 513 g/mol. The molecule has 0 amide bonds. The third kappa shape index (κ3) is 3.25. The molecule has 1 aliphatic heterocycles. The number of nitrogens with one attached hydrogen (secondary N) is 1. The molecule has 0 saturated carbocycles. The van der Waals surface area contributed by atoms with Crippen LogP contribution < -0.4 is 10.8 Å². The second-order valence-electron chi connectivity index (χ2n) is 12.8. The molecule has 8 rings (SSSR count). The Kier molecular flexibility index (Phi) is 5.30. The van der Waals surface area contributed by atoms with Crippen molar-refractivity contribution in [2.75, 3.05) is 12.4 Å². The molecule has 4 heteroatoms. The molecule has 1 N–H and O–H groups in total. The van der Waals surface area contributed by atoms with Crippen LogP contribution in [0, 0.1) is 0 Å². The number of hydrogen-bond donors (Lipinski definition) is 1. The molecule has 206 valence electrons. The quantitative estimate of drug-likeness (QED) is 0.227. The van der Waals surface area contributed by atoms with Crippen molar-refractivity contribution in [1.29, 1.82) is 0 Å². The molecule has 0 atom stereocenters. The van der Waals surface area contributed by atoms with E-state index >= 15 is 0 Å². The van der Waals surface area contributed by atoms with Gasteiger partial charge in [-0.3, -0.25) is 0 Å². The minimum absolute atomic E-state index is 0.325. The lowest BCUT2D eigenvalue weighted by molar-refractivity contribution is 0.00578. The van der Waals surface area contributed by atoms with Crippen LogP contribution in [0.4, 0.5) is 5.69 Å². The molecular formula is C38H34BNO2. The predicted molar refractivity (Wildman–Crippen MR) is 173 cm³/mol. The van der Waals surface area contributed by atoms with E-state index < -0.39 is 7.12 Å². The van der Waals surface area contributed by atoms with Crippen molar-refractivity contribution < 1.29 is 9.31 Å². The summed E-state index contributed by atoms with van der Waals surface area (Å²) in [6, 6.07) is 40.4. The van der Waals surface area contributed by atoms with Gasteiger partial charge in [0, 0.05) is 18.3 Å². The van der Waals surface area contributed by atoms with Crippen molar-refractivity contribution in [3.05, 3.63) is 131 Å². The van der Waals surface area contributed by atoms with Crippen LogP contribution in [0.15, 0.2) is 109 Å². The molecule has 2 aliphatic carbocycles. The standard InChI is InChI=1S/C38H34BNO2/c1-36(2)37(3,4)42-39(41-36)25-19-21-35(40-5)29(23-25)24-18-20-34-30(22-24)28-14-8-11-17-33(28)38(34)31-15-9-6-12-26(31)27-13-7-10-16-32(27)38/h6-23,40H,1-5H3. The smallest absolute Gasteiger partial charge is 0.399 e. The van der Waals surface area contributed by atoms with Gasteiger partial charge in [0.1, 0.15) is 0 Å². The van der Waals surface area contributed by atoms with Gasteiger partial charge in [-0.1, -0.05) is 97.1 Å². The summed E-state index contributed by atoms with van der Waals surface area (Å²) in [6.07, 6.45) is 0. The minimum atomic E-state index is -0.412. The van der Waals surface area contributed by atoms with E-state index in [-0.39, 0.29) is 16.6 Å². The highest BCUT2D eigenvalue weighted by Crippen LogP contribution is 2.63. The highest BCUT2D eigenvalue weighted by Gasteiger charge is 2.53. The maximum Gasteiger partial charge on any atom is 0.494 e. The molecule has 5 aromatic carbocycles. The van der Waals surface area contributed by atoms with E-state index in [2.05, 4.69) is 142 Å². The summed E-state index contributed by atoms with van der Waals surface area (Å²) in [4.78, 5) is 0. The summed E-state index contributed by atoms with van der Waals surface area (Å²) >= 11 is 0. The fraction of sp³-hybridized carbons (Fsp3) is 0.211. The summed E-state index contributed by atoms with van der Waals surface area (Å²) in [5.74, 6) is 0. The molecule has 1 fully saturated rings. The maximum atomic E-state index is 6.42. The first kappa shape index (κ1) is 25.6. The fourth-order valence-electron chi connectivity index (χ4n) is 7.41. The van der Waals surface area contributed by atoms with E-state index in [0.29, 0.717) is 0 Å². The van der Waals surface area contributed by atoms with Gasteiger partial charge in [0.2, 0.25) is 0 Å². The SMILES string of the molecule is CNc1ccc(B2OC(C)(C)C(C)(C)O2)cc1-c1ccc2c(c1)-c1ccccc1C21c2ccccc2-c2ccccc21. The average Bonchev–Trinajstić information content (AvgIpc) is 3.56. The average molecular weight is 548 g/mol. The van der Waals surface area contributed by atoms with Gasteiger partial charge in [-0.25, -0.2) is 0 Å². The van der Waals surface area contributed by atoms with Crippen LogP contribution in [0.25, 0.3) is 33.4 Å². The molecule has 3 aliphatic rings. The minimum Gasteiger partial charge on any atom is -0.399 e. The van der Waals surface area contributed by atoms with Crippen molar-refractivity contribution in [1.82, 2.24) is 0 Å². The Morgan fingerprint density at radius 1 is 0.524 bits per heavy atom. The second-order valence-corrected chi connectivity index (χ2v) is 12.8. The molecule has 1 heterocycles. The van der Waals surface area contributed by atoms with E-state index in [1.54, 1.807) is 0 Å². The van der Waals surface area contributed by atoms with Crippen LogP contribution in [0.5, 0.6) is 0 Å². The van der Waals surface area contributed by atoms with Crippen molar-refractivity contribution >= 4 is 18.3 Å². The van der Waals surface area contributed by atoms with E-state index in [9.17, 15) is 0 Å². The summed E-state index contributed by atoms with van der Waals surface area (Å²) in [5.41, 5.74) is 14.0. The van der Waals surface area contributed by atoms with Gasteiger partial charge in [0.15, 0.2) is 0 Å². The third-order valence-corrected chi connectivity index (χ3v) is 10.1. The van der Waals surface area contributed by atoms with Crippen LogP contribution in [-0.2, 0) is 14.7 Å². The van der Waals surface area contributed by atoms with E-state index in [1.807, 2.05) is 7.05 Å². The number of anilines is 1. The topological polar surface area (TPSA) is 30.5 Å². The molecule has 0 aromatic heterocycles. The monoisotopic (exact) mass is 547 g/mol. The first-order valence-electron chi connectivity index (χ1n) is 14.9. The lowest BCUT2D eigenvalue weighted by atomic mass is 9.70. The first-order chi connectivity index (χ1) is 20.3. The Bertz CT molecular complexity index is 1840. The Morgan fingerprint density at radius 3 is 1.57 bits per heavy atom. The lowest BCUT2D eigenvalue weighted by Crippen LogP contribution is -2.41. The Labute approximate surface area is 248 Å². The normalized spacial score (nSPS) is 18.0. The van der Waals surface area contributed by atoms with Gasteiger partial charge in [0.25, 0.3) is 0 Å². The Balaban J connectivity index is 1.33. The van der Waals surface area contributed by atoms with Gasteiger partial charge in [-0.15, -0.1) is 0 Å². The van der Waals surface area contributed by atoms with Gasteiger partial charge in [0.05, 0.1) is 16.6 Å². The van der Waals surface area contributed by atoms with Gasteiger partial charge >= 0.3 is 7.12 Å². The maximum absolute atomic E-state index is 6.42. The lowest BCUT2D eigenvalue weighted by Gasteiger charge is -2.32. The number of rotatable bonds is 3. The van der Waals surface area contributed by atoms with Crippen LogP contribution >= 0.6 is 0 Å². The van der Waals surface area contributed by atoms with Crippen LogP contribution in [0.1, 0.15) is 49.9 Å². The Morgan fingerprint density at radius 2 is 1.02 bits per heavy atom. The zero-order chi connectivity index (χ0) is 28.9. The summed E-state index contributed by atoms with van der Waals surface area (Å²) in [6.45, 7) is 8.40. The molecule has 0 radical (unpaired) electrons. The molecule has 42 heavy (non-hydrogen) atoms. The predicted octanol–water partition coefficient (Wildman–Crippen LogP) is 8.04. The van der Waals surface area contributed by atoms with Gasteiger partial charge < -0.3 is 14.6 Å². The van der Waals surface area contributed by atoms with Crippen LogP contribution in [-0.4, -0.2) is 25.4 Å². The Hall–Kier alpha value is -4.12. The van der Waals surface area contributed by atoms with Gasteiger partial charge in [-0.2, -0.15) is 0 Å². The second kappa shape index (κ2) is 8.70. The molecule has 0 unspecified atom stereocenters. The fourth-order valence-corrected chi connectivity index (χ4v) is 7.41. The largest absolute Gasteiger partial charge is 0.494 e. The number of fused-ring (bicyclic) bond motifs is 10. The van der Waals surface area contributed by atoms with Crippen LogP contribution in [0.2, 0.25) is 0 Å². The first-order valence-corrected chi connectivity index (χ1v) is 14.9. The number of hydrogen-bond acceptors (Lipinski definition) is 3. The third-order valence-electron chi connectivity index (χ3n) is 10.1. The van der Waals surface area contributed by atoms with E-state index in [0.717, 1.165) is 16.7 Å². The van der Waals surface area contributed by atoms with E-state index in [1.165, 1.54) is 50.1 Å². The highest BCUT2D eigenvalue weighted by atomic mass is 16.7. The van der Waals surface area contributed by atoms with Crippen molar-refractivity contribution in [2.24, 2.45) is 0 Å². The van der Waals surface area contributed by atoms with Crippen molar-refractivity contribution in [2.45, 2.75) is 44.3 Å². The zero-order valence-corrected chi connectivity index (χ0v) is 24.8. The summed E-state index contributed by atoms with van der Waals surface area (Å²) < 4.78 is 12.8. The molecule has 5 aromatic rings. The number of benzene rings is 5. The van der Waals surface area contributed by atoms with Crippen LogP contribution in [0.3, 0.4) is 0 Å².